The van der Waals surface area contributed by atoms with E-state index in [0.717, 1.165) is 30.6 Å². The highest BCUT2D eigenvalue weighted by Crippen LogP contribution is 2.29. The third-order valence-electron chi connectivity index (χ3n) is 4.27. The number of rotatable bonds is 7. The molecule has 2 aromatic rings. The van der Waals surface area contributed by atoms with Crippen molar-refractivity contribution in [1.82, 2.24) is 15.5 Å². The largest absolute Gasteiger partial charge is 0.394 e. The number of aliphatic hydroxyl groups excluding tert-OH is 1. The van der Waals surface area contributed by atoms with E-state index >= 15 is 0 Å². The molecule has 23 heavy (non-hydrogen) atoms. The van der Waals surface area contributed by atoms with Crippen molar-refractivity contribution in [1.29, 1.82) is 0 Å². The SMILES string of the molecule is O=C(CCCc1nc(-c2cccs2)no1)NC1(CO)CCCC1. The van der Waals surface area contributed by atoms with Gasteiger partial charge in [0, 0.05) is 12.8 Å². The minimum Gasteiger partial charge on any atom is -0.394 e. The summed E-state index contributed by atoms with van der Waals surface area (Å²) in [6.07, 6.45) is 5.49. The van der Waals surface area contributed by atoms with E-state index in [1.807, 2.05) is 17.5 Å². The molecule has 3 rings (SSSR count). The van der Waals surface area contributed by atoms with Crippen molar-refractivity contribution < 1.29 is 14.4 Å². The lowest BCUT2D eigenvalue weighted by atomic mass is 9.98. The van der Waals surface area contributed by atoms with E-state index in [4.69, 9.17) is 4.52 Å². The van der Waals surface area contributed by atoms with Crippen LogP contribution in [-0.4, -0.2) is 33.3 Å². The molecule has 0 radical (unpaired) electrons. The summed E-state index contributed by atoms with van der Waals surface area (Å²) in [6, 6.07) is 3.89. The summed E-state index contributed by atoms with van der Waals surface area (Å²) in [4.78, 5) is 17.4. The van der Waals surface area contributed by atoms with Crippen LogP contribution >= 0.6 is 11.3 Å². The van der Waals surface area contributed by atoms with Crippen LogP contribution in [-0.2, 0) is 11.2 Å². The number of aromatic nitrogens is 2. The first kappa shape index (κ1) is 16.1. The van der Waals surface area contributed by atoms with Crippen LogP contribution in [0.4, 0.5) is 0 Å². The molecule has 0 bridgehead atoms. The second kappa shape index (κ2) is 7.23. The van der Waals surface area contributed by atoms with Crippen LogP contribution in [0.15, 0.2) is 22.0 Å². The molecular formula is C16H21N3O3S. The molecule has 2 N–H and O–H groups in total. The normalized spacial score (nSPS) is 16.6. The summed E-state index contributed by atoms with van der Waals surface area (Å²) in [5.74, 6) is 1.14. The fourth-order valence-electron chi connectivity index (χ4n) is 3.00. The Morgan fingerprint density at radius 3 is 2.96 bits per heavy atom. The minimum atomic E-state index is -0.395. The van der Waals surface area contributed by atoms with Gasteiger partial charge < -0.3 is 14.9 Å². The zero-order valence-corrected chi connectivity index (χ0v) is 13.8. The molecule has 1 aliphatic rings. The van der Waals surface area contributed by atoms with Crippen LogP contribution in [0, 0.1) is 0 Å². The van der Waals surface area contributed by atoms with E-state index in [9.17, 15) is 9.90 Å². The molecule has 0 saturated heterocycles. The smallest absolute Gasteiger partial charge is 0.226 e. The highest BCUT2D eigenvalue weighted by molar-refractivity contribution is 7.13. The fourth-order valence-corrected chi connectivity index (χ4v) is 3.64. The average Bonchev–Trinajstić information content (AvgIpc) is 3.29. The third-order valence-corrected chi connectivity index (χ3v) is 5.14. The van der Waals surface area contributed by atoms with Crippen molar-refractivity contribution in [2.75, 3.05) is 6.61 Å². The van der Waals surface area contributed by atoms with Crippen LogP contribution in [0.3, 0.4) is 0 Å². The predicted molar refractivity (Wildman–Crippen MR) is 87.0 cm³/mol. The topological polar surface area (TPSA) is 88.2 Å². The molecule has 124 valence electrons. The second-order valence-electron chi connectivity index (χ2n) is 6.04. The number of aliphatic hydroxyl groups is 1. The molecule has 1 saturated carbocycles. The molecule has 0 aliphatic heterocycles. The fraction of sp³-hybridized carbons (Fsp3) is 0.562. The number of carbonyl (C=O) groups is 1. The van der Waals surface area contributed by atoms with E-state index in [1.54, 1.807) is 11.3 Å². The molecule has 1 aliphatic carbocycles. The lowest BCUT2D eigenvalue weighted by Gasteiger charge is -2.27. The van der Waals surface area contributed by atoms with Gasteiger partial charge >= 0.3 is 0 Å². The maximum absolute atomic E-state index is 12.1. The molecule has 0 atom stereocenters. The van der Waals surface area contributed by atoms with Crippen molar-refractivity contribution in [2.24, 2.45) is 0 Å². The Balaban J connectivity index is 1.45. The van der Waals surface area contributed by atoms with Crippen molar-refractivity contribution in [3.05, 3.63) is 23.4 Å². The quantitative estimate of drug-likeness (QED) is 0.812. The van der Waals surface area contributed by atoms with Crippen LogP contribution in [0.5, 0.6) is 0 Å². The zero-order chi connectivity index (χ0) is 16.1. The summed E-state index contributed by atoms with van der Waals surface area (Å²) in [6.45, 7) is 0.0204. The highest BCUT2D eigenvalue weighted by atomic mass is 32.1. The van der Waals surface area contributed by atoms with Gasteiger partial charge in [0.15, 0.2) is 0 Å². The van der Waals surface area contributed by atoms with E-state index in [1.165, 1.54) is 0 Å². The summed E-state index contributed by atoms with van der Waals surface area (Å²) in [7, 11) is 0. The van der Waals surface area contributed by atoms with Gasteiger partial charge in [-0.3, -0.25) is 4.79 Å². The van der Waals surface area contributed by atoms with E-state index in [-0.39, 0.29) is 12.5 Å². The first-order valence-corrected chi connectivity index (χ1v) is 8.87. The number of aryl methyl sites for hydroxylation is 1. The standard InChI is InChI=1S/C16H21N3O3S/c20-11-16(8-1-2-9-16)18-13(21)6-3-7-14-17-15(19-22-14)12-5-4-10-23-12/h4-5,10,20H,1-3,6-9,11H2,(H,18,21). The molecule has 1 fully saturated rings. The van der Waals surface area contributed by atoms with Crippen molar-refractivity contribution in [2.45, 2.75) is 50.5 Å². The van der Waals surface area contributed by atoms with Gasteiger partial charge in [0.05, 0.1) is 17.0 Å². The zero-order valence-electron chi connectivity index (χ0n) is 13.0. The number of nitrogens with one attached hydrogen (secondary N) is 1. The highest BCUT2D eigenvalue weighted by Gasteiger charge is 2.34. The van der Waals surface area contributed by atoms with Crippen LogP contribution in [0.25, 0.3) is 10.7 Å². The van der Waals surface area contributed by atoms with Gasteiger partial charge in [-0.25, -0.2) is 0 Å². The molecule has 0 spiro atoms. The molecule has 2 heterocycles. The molecule has 2 aromatic heterocycles. The van der Waals surface area contributed by atoms with Gasteiger partial charge in [-0.15, -0.1) is 11.3 Å². The Bertz CT molecular complexity index is 633. The van der Waals surface area contributed by atoms with E-state index in [0.29, 0.717) is 31.0 Å². The summed E-state index contributed by atoms with van der Waals surface area (Å²) in [5.41, 5.74) is -0.395. The molecule has 7 heteroatoms. The monoisotopic (exact) mass is 335 g/mol. The Morgan fingerprint density at radius 2 is 2.26 bits per heavy atom. The number of hydrogen-bond donors (Lipinski definition) is 2. The van der Waals surface area contributed by atoms with Crippen LogP contribution in [0.2, 0.25) is 0 Å². The minimum absolute atomic E-state index is 0.0149. The lowest BCUT2D eigenvalue weighted by Crippen LogP contribution is -2.49. The van der Waals surface area contributed by atoms with Crippen molar-refractivity contribution in [3.8, 4) is 10.7 Å². The number of thiophene rings is 1. The summed E-state index contributed by atoms with van der Waals surface area (Å²) < 4.78 is 5.22. The molecule has 6 nitrogen and oxygen atoms in total. The van der Waals surface area contributed by atoms with Crippen LogP contribution in [0.1, 0.15) is 44.4 Å². The van der Waals surface area contributed by atoms with Gasteiger partial charge in [-0.2, -0.15) is 4.98 Å². The number of carbonyl (C=O) groups excluding carboxylic acids is 1. The second-order valence-corrected chi connectivity index (χ2v) is 6.98. The van der Waals surface area contributed by atoms with Gasteiger partial charge in [0.25, 0.3) is 0 Å². The molecule has 0 unspecified atom stereocenters. The lowest BCUT2D eigenvalue weighted by molar-refractivity contribution is -0.123. The Kier molecular flexibility index (Phi) is 5.07. The first-order chi connectivity index (χ1) is 11.2. The average molecular weight is 335 g/mol. The van der Waals surface area contributed by atoms with Gasteiger partial charge in [0.2, 0.25) is 17.6 Å². The summed E-state index contributed by atoms with van der Waals surface area (Å²) in [5, 5.41) is 18.4. The molecular weight excluding hydrogens is 314 g/mol. The maximum atomic E-state index is 12.1. The number of nitrogens with zero attached hydrogens (tertiary/aromatic N) is 2. The van der Waals surface area contributed by atoms with Gasteiger partial charge in [-0.05, 0) is 30.7 Å². The predicted octanol–water partition coefficient (Wildman–Crippen LogP) is 2.54. The molecule has 1 amide bonds. The van der Waals surface area contributed by atoms with E-state index in [2.05, 4.69) is 15.5 Å². The van der Waals surface area contributed by atoms with Crippen molar-refractivity contribution >= 4 is 17.2 Å². The Hall–Kier alpha value is -1.73. The number of hydrogen-bond acceptors (Lipinski definition) is 6. The maximum Gasteiger partial charge on any atom is 0.226 e. The van der Waals surface area contributed by atoms with E-state index < -0.39 is 5.54 Å². The Labute approximate surface area is 138 Å². The van der Waals surface area contributed by atoms with Crippen molar-refractivity contribution in [3.63, 3.8) is 0 Å². The van der Waals surface area contributed by atoms with Gasteiger partial charge in [-0.1, -0.05) is 24.1 Å². The first-order valence-electron chi connectivity index (χ1n) is 7.99. The summed E-state index contributed by atoms with van der Waals surface area (Å²) >= 11 is 1.57. The number of amides is 1. The Morgan fingerprint density at radius 1 is 1.43 bits per heavy atom. The third kappa shape index (κ3) is 3.97. The van der Waals surface area contributed by atoms with Gasteiger partial charge in [0.1, 0.15) is 0 Å². The van der Waals surface area contributed by atoms with Crippen LogP contribution < -0.4 is 5.32 Å². The molecule has 0 aromatic carbocycles.